The number of nitrogens with one attached hydrogen (secondary N) is 1. The van der Waals surface area contributed by atoms with Gasteiger partial charge in [0.25, 0.3) is 0 Å². The standard InChI is InChI=1S/C9H16N2O3/c1-5(2)7-4-11(9(14)10-7)6(3)8(12)13/h5-7H,4H2,1-3H3,(H,10,14)(H,12,13). The Kier molecular flexibility index (Phi) is 2.98. The number of carbonyl (C=O) groups excluding carboxylic acids is 1. The first-order chi connectivity index (χ1) is 6.43. The molecule has 1 aliphatic rings. The summed E-state index contributed by atoms with van der Waals surface area (Å²) in [6.07, 6.45) is 0. The van der Waals surface area contributed by atoms with Gasteiger partial charge in [0.05, 0.1) is 6.04 Å². The first-order valence-corrected chi connectivity index (χ1v) is 4.73. The maximum atomic E-state index is 11.4. The van der Waals surface area contributed by atoms with Gasteiger partial charge in [-0.15, -0.1) is 0 Å². The van der Waals surface area contributed by atoms with Crippen molar-refractivity contribution >= 4 is 12.0 Å². The van der Waals surface area contributed by atoms with Crippen LogP contribution in [0.25, 0.3) is 0 Å². The summed E-state index contributed by atoms with van der Waals surface area (Å²) in [4.78, 5) is 23.4. The van der Waals surface area contributed by atoms with E-state index in [2.05, 4.69) is 5.32 Å². The molecular formula is C9H16N2O3. The first kappa shape index (κ1) is 10.8. The third kappa shape index (κ3) is 1.97. The molecule has 1 rings (SSSR count). The molecule has 2 atom stereocenters. The summed E-state index contributed by atoms with van der Waals surface area (Å²) in [6, 6.07) is -0.971. The minimum atomic E-state index is -0.968. The van der Waals surface area contributed by atoms with Gasteiger partial charge < -0.3 is 15.3 Å². The molecule has 2 unspecified atom stereocenters. The van der Waals surface area contributed by atoms with E-state index >= 15 is 0 Å². The number of hydrogen-bond donors (Lipinski definition) is 2. The van der Waals surface area contributed by atoms with E-state index in [9.17, 15) is 9.59 Å². The van der Waals surface area contributed by atoms with E-state index in [4.69, 9.17) is 5.11 Å². The molecule has 0 aliphatic carbocycles. The van der Waals surface area contributed by atoms with Crippen molar-refractivity contribution in [2.45, 2.75) is 32.9 Å². The average Bonchev–Trinajstić information content (AvgIpc) is 2.46. The number of carboxylic acids is 1. The molecule has 0 spiro atoms. The molecule has 2 N–H and O–H groups in total. The molecule has 5 heteroatoms. The Bertz CT molecular complexity index is 252. The summed E-state index contributed by atoms with van der Waals surface area (Å²) in [7, 11) is 0. The highest BCUT2D eigenvalue weighted by Crippen LogP contribution is 2.14. The van der Waals surface area contributed by atoms with E-state index in [0.717, 1.165) is 0 Å². The van der Waals surface area contributed by atoms with Gasteiger partial charge in [0.1, 0.15) is 6.04 Å². The first-order valence-electron chi connectivity index (χ1n) is 4.73. The molecule has 0 aromatic rings. The van der Waals surface area contributed by atoms with Crippen LogP contribution in [0, 0.1) is 5.92 Å². The molecule has 0 aromatic carbocycles. The Morgan fingerprint density at radius 2 is 2.14 bits per heavy atom. The molecule has 1 fully saturated rings. The third-order valence-corrected chi connectivity index (χ3v) is 2.59. The zero-order valence-electron chi connectivity index (χ0n) is 8.65. The number of urea groups is 1. The van der Waals surface area contributed by atoms with Gasteiger partial charge in [-0.3, -0.25) is 0 Å². The topological polar surface area (TPSA) is 69.6 Å². The van der Waals surface area contributed by atoms with Crippen LogP contribution in [0.4, 0.5) is 4.79 Å². The molecule has 80 valence electrons. The van der Waals surface area contributed by atoms with Crippen molar-refractivity contribution in [1.82, 2.24) is 10.2 Å². The Morgan fingerprint density at radius 1 is 1.57 bits per heavy atom. The van der Waals surface area contributed by atoms with Gasteiger partial charge in [-0.2, -0.15) is 0 Å². The normalized spacial score (nSPS) is 23.9. The van der Waals surface area contributed by atoms with Crippen molar-refractivity contribution in [3.63, 3.8) is 0 Å². The van der Waals surface area contributed by atoms with Gasteiger partial charge in [-0.25, -0.2) is 9.59 Å². The molecule has 1 heterocycles. The lowest BCUT2D eigenvalue weighted by Crippen LogP contribution is -2.41. The third-order valence-electron chi connectivity index (χ3n) is 2.59. The van der Waals surface area contributed by atoms with Crippen LogP contribution < -0.4 is 5.32 Å². The van der Waals surface area contributed by atoms with Gasteiger partial charge in [0, 0.05) is 6.54 Å². The van der Waals surface area contributed by atoms with Gasteiger partial charge in [-0.05, 0) is 12.8 Å². The minimum absolute atomic E-state index is 0.0595. The van der Waals surface area contributed by atoms with Crippen LogP contribution in [-0.2, 0) is 4.79 Å². The van der Waals surface area contributed by atoms with E-state index in [1.807, 2.05) is 13.8 Å². The maximum absolute atomic E-state index is 11.4. The molecule has 14 heavy (non-hydrogen) atoms. The molecule has 1 aliphatic heterocycles. The van der Waals surface area contributed by atoms with Crippen molar-refractivity contribution < 1.29 is 14.7 Å². The highest BCUT2D eigenvalue weighted by atomic mass is 16.4. The van der Waals surface area contributed by atoms with E-state index in [1.54, 1.807) is 0 Å². The minimum Gasteiger partial charge on any atom is -0.480 e. The van der Waals surface area contributed by atoms with Crippen molar-refractivity contribution in [2.24, 2.45) is 5.92 Å². The predicted octanol–water partition coefficient (Wildman–Crippen LogP) is 0.509. The fourth-order valence-electron chi connectivity index (χ4n) is 1.43. The second kappa shape index (κ2) is 3.86. The summed E-state index contributed by atoms with van der Waals surface area (Å²) < 4.78 is 0. The number of aliphatic carboxylic acids is 1. The predicted molar refractivity (Wildman–Crippen MR) is 51.0 cm³/mol. The summed E-state index contributed by atoms with van der Waals surface area (Å²) in [5.41, 5.74) is 0. The number of carbonyl (C=O) groups is 2. The summed E-state index contributed by atoms with van der Waals surface area (Å²) in [6.45, 7) is 5.99. The number of carboxylic acid groups (broad SMARTS) is 1. The van der Waals surface area contributed by atoms with E-state index in [-0.39, 0.29) is 12.1 Å². The van der Waals surface area contributed by atoms with Crippen LogP contribution in [0.15, 0.2) is 0 Å². The zero-order valence-corrected chi connectivity index (χ0v) is 8.65. The molecule has 5 nitrogen and oxygen atoms in total. The Morgan fingerprint density at radius 3 is 2.50 bits per heavy atom. The summed E-state index contributed by atoms with van der Waals surface area (Å²) in [5, 5.41) is 11.5. The van der Waals surface area contributed by atoms with Crippen LogP contribution >= 0.6 is 0 Å². The summed E-state index contributed by atoms with van der Waals surface area (Å²) in [5.74, 6) is -0.644. The van der Waals surface area contributed by atoms with Crippen molar-refractivity contribution in [3.05, 3.63) is 0 Å². The Labute approximate surface area is 83.1 Å². The molecule has 1 saturated heterocycles. The summed E-state index contributed by atoms with van der Waals surface area (Å²) >= 11 is 0. The molecule has 0 saturated carbocycles. The van der Waals surface area contributed by atoms with Crippen LogP contribution in [0.5, 0.6) is 0 Å². The van der Waals surface area contributed by atoms with Crippen LogP contribution in [-0.4, -0.2) is 40.6 Å². The number of nitrogens with zero attached hydrogens (tertiary/aromatic N) is 1. The smallest absolute Gasteiger partial charge is 0.326 e. The maximum Gasteiger partial charge on any atom is 0.326 e. The highest BCUT2D eigenvalue weighted by molar-refractivity contribution is 5.84. The monoisotopic (exact) mass is 200 g/mol. The zero-order chi connectivity index (χ0) is 10.9. The van der Waals surface area contributed by atoms with Crippen LogP contribution in [0.2, 0.25) is 0 Å². The molecule has 2 amide bonds. The lowest BCUT2D eigenvalue weighted by Gasteiger charge is -2.19. The lowest BCUT2D eigenvalue weighted by atomic mass is 10.1. The van der Waals surface area contributed by atoms with Gasteiger partial charge in [0.15, 0.2) is 0 Å². The largest absolute Gasteiger partial charge is 0.480 e. The molecular weight excluding hydrogens is 184 g/mol. The second-order valence-corrected chi connectivity index (χ2v) is 3.97. The quantitative estimate of drug-likeness (QED) is 0.697. The van der Waals surface area contributed by atoms with Gasteiger partial charge >= 0.3 is 12.0 Å². The van der Waals surface area contributed by atoms with Gasteiger partial charge in [0.2, 0.25) is 0 Å². The Balaban J connectivity index is 2.65. The van der Waals surface area contributed by atoms with Crippen molar-refractivity contribution in [3.8, 4) is 0 Å². The fourth-order valence-corrected chi connectivity index (χ4v) is 1.43. The second-order valence-electron chi connectivity index (χ2n) is 3.97. The van der Waals surface area contributed by atoms with Crippen LogP contribution in [0.1, 0.15) is 20.8 Å². The Hall–Kier alpha value is -1.26. The SMILES string of the molecule is CC(C)C1CN(C(C)C(=O)O)C(=O)N1. The average molecular weight is 200 g/mol. The van der Waals surface area contributed by atoms with E-state index in [0.29, 0.717) is 12.5 Å². The molecule has 0 bridgehead atoms. The molecule has 0 radical (unpaired) electrons. The number of rotatable bonds is 3. The number of amides is 2. The highest BCUT2D eigenvalue weighted by Gasteiger charge is 2.35. The lowest BCUT2D eigenvalue weighted by molar-refractivity contribution is -0.141. The van der Waals surface area contributed by atoms with Gasteiger partial charge in [-0.1, -0.05) is 13.8 Å². The number of hydrogen-bond acceptors (Lipinski definition) is 2. The fraction of sp³-hybridized carbons (Fsp3) is 0.778. The van der Waals surface area contributed by atoms with E-state index in [1.165, 1.54) is 11.8 Å². The van der Waals surface area contributed by atoms with Crippen molar-refractivity contribution in [2.75, 3.05) is 6.54 Å². The van der Waals surface area contributed by atoms with E-state index < -0.39 is 12.0 Å². The van der Waals surface area contributed by atoms with Crippen molar-refractivity contribution in [1.29, 1.82) is 0 Å². The molecule has 0 aromatic heterocycles. The van der Waals surface area contributed by atoms with Crippen LogP contribution in [0.3, 0.4) is 0 Å².